The van der Waals surface area contributed by atoms with E-state index in [1.54, 1.807) is 0 Å². The SMILES string of the molecule is NC(=S)NCc1ccsc1Cl. The second kappa shape index (κ2) is 3.90. The van der Waals surface area contributed by atoms with Crippen molar-refractivity contribution in [3.8, 4) is 0 Å². The van der Waals surface area contributed by atoms with Crippen LogP contribution in [0.3, 0.4) is 0 Å². The molecule has 2 nitrogen and oxygen atoms in total. The van der Waals surface area contributed by atoms with Crippen molar-refractivity contribution in [3.05, 3.63) is 21.3 Å². The Kier molecular flexibility index (Phi) is 3.11. The van der Waals surface area contributed by atoms with Crippen molar-refractivity contribution in [2.75, 3.05) is 0 Å². The highest BCUT2D eigenvalue weighted by Gasteiger charge is 1.99. The first-order valence-corrected chi connectivity index (χ1v) is 4.62. The van der Waals surface area contributed by atoms with Crippen LogP contribution in [0, 0.1) is 0 Å². The van der Waals surface area contributed by atoms with Gasteiger partial charge in [0.2, 0.25) is 0 Å². The van der Waals surface area contributed by atoms with Crippen LogP contribution in [-0.2, 0) is 6.54 Å². The van der Waals surface area contributed by atoms with Crippen LogP contribution in [0.25, 0.3) is 0 Å². The van der Waals surface area contributed by atoms with Gasteiger partial charge in [0, 0.05) is 12.1 Å². The van der Waals surface area contributed by atoms with Crippen molar-refractivity contribution in [1.29, 1.82) is 0 Å². The maximum atomic E-state index is 5.82. The van der Waals surface area contributed by atoms with Crippen molar-refractivity contribution in [3.63, 3.8) is 0 Å². The highest BCUT2D eigenvalue weighted by molar-refractivity contribution is 7.80. The zero-order valence-corrected chi connectivity index (χ0v) is 8.02. The molecule has 3 N–H and O–H groups in total. The van der Waals surface area contributed by atoms with E-state index in [0.717, 1.165) is 9.90 Å². The van der Waals surface area contributed by atoms with E-state index in [-0.39, 0.29) is 0 Å². The third kappa shape index (κ3) is 2.65. The molecule has 1 aromatic heterocycles. The van der Waals surface area contributed by atoms with Crippen molar-refractivity contribution in [2.24, 2.45) is 5.73 Å². The van der Waals surface area contributed by atoms with Crippen LogP contribution in [0.5, 0.6) is 0 Å². The van der Waals surface area contributed by atoms with Crippen molar-refractivity contribution < 1.29 is 0 Å². The molecular weight excluding hydrogens is 200 g/mol. The summed E-state index contributed by atoms with van der Waals surface area (Å²) in [6, 6.07) is 1.94. The molecule has 0 aliphatic carbocycles. The van der Waals surface area contributed by atoms with Gasteiger partial charge in [-0.1, -0.05) is 11.6 Å². The Balaban J connectivity index is 2.51. The lowest BCUT2D eigenvalue weighted by molar-refractivity contribution is 0.925. The summed E-state index contributed by atoms with van der Waals surface area (Å²) in [6.07, 6.45) is 0. The van der Waals surface area contributed by atoms with E-state index in [2.05, 4.69) is 17.5 Å². The summed E-state index contributed by atoms with van der Waals surface area (Å²) in [5, 5.41) is 5.05. The van der Waals surface area contributed by atoms with Crippen LogP contribution in [0.1, 0.15) is 5.56 Å². The number of halogens is 1. The van der Waals surface area contributed by atoms with Crippen LogP contribution in [0.15, 0.2) is 11.4 Å². The van der Waals surface area contributed by atoms with E-state index in [9.17, 15) is 0 Å². The predicted octanol–water partition coefficient (Wildman–Crippen LogP) is 1.73. The lowest BCUT2D eigenvalue weighted by Gasteiger charge is -2.00. The number of hydrogen-bond acceptors (Lipinski definition) is 2. The van der Waals surface area contributed by atoms with Gasteiger partial charge < -0.3 is 11.1 Å². The second-order valence-corrected chi connectivity index (χ2v) is 3.90. The first-order chi connectivity index (χ1) is 5.20. The number of thiocarbonyl (C=S) groups is 1. The molecule has 0 aliphatic heterocycles. The molecule has 0 unspecified atom stereocenters. The molecule has 0 saturated carbocycles. The van der Waals surface area contributed by atoms with Crippen LogP contribution in [0.2, 0.25) is 4.34 Å². The Morgan fingerprint density at radius 3 is 3.00 bits per heavy atom. The van der Waals surface area contributed by atoms with E-state index in [4.69, 9.17) is 17.3 Å². The Hall–Kier alpha value is -0.320. The van der Waals surface area contributed by atoms with Crippen molar-refractivity contribution in [1.82, 2.24) is 5.32 Å². The van der Waals surface area contributed by atoms with Gasteiger partial charge in [0.25, 0.3) is 0 Å². The van der Waals surface area contributed by atoms with Gasteiger partial charge in [-0.15, -0.1) is 11.3 Å². The number of nitrogens with two attached hydrogens (primary N) is 1. The highest BCUT2D eigenvalue weighted by Crippen LogP contribution is 2.21. The predicted molar refractivity (Wildman–Crippen MR) is 53.0 cm³/mol. The molecule has 0 fully saturated rings. The monoisotopic (exact) mass is 206 g/mol. The molecule has 0 atom stereocenters. The Morgan fingerprint density at radius 2 is 2.55 bits per heavy atom. The zero-order chi connectivity index (χ0) is 8.27. The van der Waals surface area contributed by atoms with Gasteiger partial charge in [0.15, 0.2) is 5.11 Å². The van der Waals surface area contributed by atoms with Crippen LogP contribution in [0.4, 0.5) is 0 Å². The van der Waals surface area contributed by atoms with E-state index in [0.29, 0.717) is 11.7 Å². The second-order valence-electron chi connectivity index (χ2n) is 1.94. The van der Waals surface area contributed by atoms with Crippen LogP contribution in [-0.4, -0.2) is 5.11 Å². The summed E-state index contributed by atoms with van der Waals surface area (Å²) in [6.45, 7) is 0.609. The van der Waals surface area contributed by atoms with Crippen LogP contribution < -0.4 is 11.1 Å². The Bertz CT molecular complexity index is 259. The minimum absolute atomic E-state index is 0.298. The summed E-state index contributed by atoms with van der Waals surface area (Å²) in [5.74, 6) is 0. The summed E-state index contributed by atoms with van der Waals surface area (Å²) in [7, 11) is 0. The molecule has 0 spiro atoms. The topological polar surface area (TPSA) is 38.0 Å². The average Bonchev–Trinajstić information content (AvgIpc) is 2.31. The molecular formula is C6H7ClN2S2. The maximum absolute atomic E-state index is 5.82. The maximum Gasteiger partial charge on any atom is 0.163 e. The smallest absolute Gasteiger partial charge is 0.163 e. The van der Waals surface area contributed by atoms with E-state index >= 15 is 0 Å². The third-order valence-electron chi connectivity index (χ3n) is 1.15. The van der Waals surface area contributed by atoms with Crippen molar-refractivity contribution >= 4 is 40.3 Å². The fraction of sp³-hybridized carbons (Fsp3) is 0.167. The molecule has 0 aliphatic rings. The highest BCUT2D eigenvalue weighted by atomic mass is 35.5. The van der Waals surface area contributed by atoms with Crippen LogP contribution >= 0.6 is 35.2 Å². The quantitative estimate of drug-likeness (QED) is 0.724. The molecule has 1 heterocycles. The minimum Gasteiger partial charge on any atom is -0.376 e. The van der Waals surface area contributed by atoms with Gasteiger partial charge in [-0.2, -0.15) is 0 Å². The molecule has 0 bridgehead atoms. The van der Waals surface area contributed by atoms with E-state index in [1.807, 2.05) is 11.4 Å². The van der Waals surface area contributed by atoms with Crippen molar-refractivity contribution in [2.45, 2.75) is 6.54 Å². The van der Waals surface area contributed by atoms with Gasteiger partial charge in [-0.3, -0.25) is 0 Å². The normalized spacial score (nSPS) is 9.55. The molecule has 1 aromatic rings. The number of hydrogen-bond donors (Lipinski definition) is 2. The standard InChI is InChI=1S/C6H7ClN2S2/c7-5-4(1-2-11-5)3-9-6(8)10/h1-2H,3H2,(H3,8,9,10). The lowest BCUT2D eigenvalue weighted by Crippen LogP contribution is -2.28. The zero-order valence-electron chi connectivity index (χ0n) is 5.63. The van der Waals surface area contributed by atoms with Gasteiger partial charge in [0.05, 0.1) is 4.34 Å². The summed E-state index contributed by atoms with van der Waals surface area (Å²) >= 11 is 12.0. The average molecular weight is 207 g/mol. The summed E-state index contributed by atoms with van der Waals surface area (Å²) in [4.78, 5) is 0. The van der Waals surface area contributed by atoms with Gasteiger partial charge >= 0.3 is 0 Å². The van der Waals surface area contributed by atoms with E-state index < -0.39 is 0 Å². The number of thiophene rings is 1. The molecule has 0 radical (unpaired) electrons. The fourth-order valence-corrected chi connectivity index (χ4v) is 1.63. The number of rotatable bonds is 2. The molecule has 0 aromatic carbocycles. The van der Waals surface area contributed by atoms with Gasteiger partial charge in [0.1, 0.15) is 0 Å². The number of nitrogens with one attached hydrogen (secondary N) is 1. The summed E-state index contributed by atoms with van der Waals surface area (Å²) < 4.78 is 0.786. The Morgan fingerprint density at radius 1 is 1.82 bits per heavy atom. The molecule has 0 saturated heterocycles. The molecule has 60 valence electrons. The molecule has 1 rings (SSSR count). The fourth-order valence-electron chi connectivity index (χ4n) is 0.628. The minimum atomic E-state index is 0.298. The lowest BCUT2D eigenvalue weighted by atomic mass is 10.3. The van der Waals surface area contributed by atoms with Gasteiger partial charge in [-0.25, -0.2) is 0 Å². The summed E-state index contributed by atoms with van der Waals surface area (Å²) in [5.41, 5.74) is 6.27. The molecule has 5 heteroatoms. The molecule has 11 heavy (non-hydrogen) atoms. The first-order valence-electron chi connectivity index (χ1n) is 2.95. The third-order valence-corrected chi connectivity index (χ3v) is 2.54. The first kappa shape index (κ1) is 8.77. The van der Waals surface area contributed by atoms with Gasteiger partial charge in [-0.05, 0) is 23.7 Å². The Labute approximate surface area is 79.4 Å². The largest absolute Gasteiger partial charge is 0.376 e. The molecule has 0 amide bonds. The van der Waals surface area contributed by atoms with E-state index in [1.165, 1.54) is 11.3 Å².